The number of carbonyl (C=O) groups excluding carboxylic acids is 1. The van der Waals surface area contributed by atoms with Gasteiger partial charge in [0.25, 0.3) is 11.6 Å². The second-order valence-corrected chi connectivity index (χ2v) is 7.53. The molecule has 1 heterocycles. The van der Waals surface area contributed by atoms with Crippen LogP contribution in [0.1, 0.15) is 17.5 Å². The molecule has 1 aromatic heterocycles. The fraction of sp³-hybridized carbons (Fsp3) is 0.182. The summed E-state index contributed by atoms with van der Waals surface area (Å²) in [5, 5.41) is 31.7. The van der Waals surface area contributed by atoms with Crippen molar-refractivity contribution in [1.29, 1.82) is 5.26 Å². The number of aryl methyl sites for hydroxylation is 1. The third-order valence-electron chi connectivity index (χ3n) is 4.23. The summed E-state index contributed by atoms with van der Waals surface area (Å²) in [5.74, 6) is 0.353. The molecule has 10 nitrogen and oxygen atoms in total. The lowest BCUT2D eigenvalue weighted by atomic mass is 10.1. The molecular formula is C22H19N5O5S. The summed E-state index contributed by atoms with van der Waals surface area (Å²) in [7, 11) is 0. The minimum Gasteiger partial charge on any atom is -0.490 e. The SMILES string of the molecule is CCc1nnc(NC(=O)/C(C#N)=C\c2ccccc2OCCOc2ccc([N+](=O)[O-])cc2)s1. The molecular weight excluding hydrogens is 446 g/mol. The molecule has 0 atom stereocenters. The fourth-order valence-corrected chi connectivity index (χ4v) is 3.30. The quantitative estimate of drug-likeness (QED) is 0.156. The number of amides is 1. The van der Waals surface area contributed by atoms with Crippen LogP contribution in [0.25, 0.3) is 6.08 Å². The minimum atomic E-state index is -0.590. The van der Waals surface area contributed by atoms with Crippen LogP contribution in [0.4, 0.5) is 10.8 Å². The van der Waals surface area contributed by atoms with Gasteiger partial charge in [-0.25, -0.2) is 0 Å². The molecule has 0 radical (unpaired) electrons. The first-order chi connectivity index (χ1) is 16.0. The third-order valence-corrected chi connectivity index (χ3v) is 5.21. The van der Waals surface area contributed by atoms with Crippen LogP contribution in [0.5, 0.6) is 11.5 Å². The van der Waals surface area contributed by atoms with Crippen molar-refractivity contribution in [2.45, 2.75) is 13.3 Å². The Morgan fingerprint density at radius 1 is 1.18 bits per heavy atom. The topological polar surface area (TPSA) is 140 Å². The van der Waals surface area contributed by atoms with Gasteiger partial charge < -0.3 is 9.47 Å². The maximum atomic E-state index is 12.5. The number of para-hydroxylation sites is 1. The molecule has 33 heavy (non-hydrogen) atoms. The van der Waals surface area contributed by atoms with E-state index in [0.717, 1.165) is 5.01 Å². The van der Waals surface area contributed by atoms with Gasteiger partial charge in [-0.05, 0) is 30.7 Å². The molecule has 0 saturated carbocycles. The van der Waals surface area contributed by atoms with Crippen LogP contribution >= 0.6 is 11.3 Å². The maximum absolute atomic E-state index is 12.5. The summed E-state index contributed by atoms with van der Waals surface area (Å²) in [6.07, 6.45) is 2.14. The van der Waals surface area contributed by atoms with Crippen LogP contribution in [0, 0.1) is 21.4 Å². The van der Waals surface area contributed by atoms with Gasteiger partial charge in [0.05, 0.1) is 4.92 Å². The Hall–Kier alpha value is -4.30. The van der Waals surface area contributed by atoms with Crippen molar-refractivity contribution < 1.29 is 19.2 Å². The highest BCUT2D eigenvalue weighted by Gasteiger charge is 2.14. The summed E-state index contributed by atoms with van der Waals surface area (Å²) < 4.78 is 11.3. The van der Waals surface area contributed by atoms with Gasteiger partial charge in [-0.15, -0.1) is 10.2 Å². The second-order valence-electron chi connectivity index (χ2n) is 6.46. The molecule has 0 bridgehead atoms. The summed E-state index contributed by atoms with van der Waals surface area (Å²) in [6, 6.07) is 14.6. The summed E-state index contributed by atoms with van der Waals surface area (Å²) >= 11 is 1.25. The highest BCUT2D eigenvalue weighted by atomic mass is 32.1. The monoisotopic (exact) mass is 465 g/mol. The number of nitro groups is 1. The van der Waals surface area contributed by atoms with Gasteiger partial charge >= 0.3 is 0 Å². The number of ether oxygens (including phenoxy) is 2. The highest BCUT2D eigenvalue weighted by molar-refractivity contribution is 7.15. The van der Waals surface area contributed by atoms with Crippen LogP contribution < -0.4 is 14.8 Å². The Morgan fingerprint density at radius 2 is 1.91 bits per heavy atom. The number of benzene rings is 2. The number of aromatic nitrogens is 2. The number of nitriles is 1. The van der Waals surface area contributed by atoms with E-state index in [2.05, 4.69) is 15.5 Å². The largest absolute Gasteiger partial charge is 0.490 e. The molecule has 11 heteroatoms. The summed E-state index contributed by atoms with van der Waals surface area (Å²) in [5.41, 5.74) is 0.418. The second kappa shape index (κ2) is 11.4. The van der Waals surface area contributed by atoms with Crippen LogP contribution in [0.3, 0.4) is 0 Å². The zero-order valence-electron chi connectivity index (χ0n) is 17.6. The Kier molecular flexibility index (Phi) is 8.04. The Labute approximate surface area is 193 Å². The highest BCUT2D eigenvalue weighted by Crippen LogP contribution is 2.23. The number of hydrogen-bond acceptors (Lipinski definition) is 9. The van der Waals surface area contributed by atoms with Gasteiger partial charge in [0.15, 0.2) is 0 Å². The van der Waals surface area contributed by atoms with Gasteiger partial charge in [0.2, 0.25) is 5.13 Å². The number of nitrogens with one attached hydrogen (secondary N) is 1. The van der Waals surface area contributed by atoms with E-state index >= 15 is 0 Å². The molecule has 0 unspecified atom stereocenters. The number of hydrogen-bond donors (Lipinski definition) is 1. The van der Waals surface area contributed by atoms with Crippen molar-refractivity contribution in [3.8, 4) is 17.6 Å². The van der Waals surface area contributed by atoms with Gasteiger partial charge in [-0.1, -0.05) is 36.5 Å². The number of nitrogens with zero attached hydrogens (tertiary/aromatic N) is 4. The number of carbonyl (C=O) groups is 1. The molecule has 0 spiro atoms. The molecule has 3 rings (SSSR count). The lowest BCUT2D eigenvalue weighted by Crippen LogP contribution is -2.13. The van der Waals surface area contributed by atoms with E-state index in [1.807, 2.05) is 13.0 Å². The van der Waals surface area contributed by atoms with E-state index in [-0.39, 0.29) is 24.5 Å². The van der Waals surface area contributed by atoms with E-state index in [0.29, 0.717) is 28.6 Å². The number of non-ortho nitro benzene ring substituents is 1. The molecule has 1 amide bonds. The number of rotatable bonds is 10. The zero-order valence-corrected chi connectivity index (χ0v) is 18.4. The van der Waals surface area contributed by atoms with Crippen molar-refractivity contribution in [3.63, 3.8) is 0 Å². The Balaban J connectivity index is 1.61. The van der Waals surface area contributed by atoms with Crippen LogP contribution in [-0.4, -0.2) is 34.2 Å². The van der Waals surface area contributed by atoms with Crippen molar-refractivity contribution in [2.24, 2.45) is 0 Å². The fourth-order valence-electron chi connectivity index (χ4n) is 2.62. The van der Waals surface area contributed by atoms with Gasteiger partial charge in [0.1, 0.15) is 41.4 Å². The van der Waals surface area contributed by atoms with Gasteiger partial charge in [0, 0.05) is 17.7 Å². The molecule has 3 aromatic rings. The van der Waals surface area contributed by atoms with Crippen molar-refractivity contribution in [1.82, 2.24) is 10.2 Å². The molecule has 0 aliphatic rings. The predicted octanol–water partition coefficient (Wildman–Crippen LogP) is 4.01. The Bertz CT molecular complexity index is 1200. The third kappa shape index (κ3) is 6.59. The van der Waals surface area contributed by atoms with Gasteiger partial charge in [-0.2, -0.15) is 5.26 Å². The number of anilines is 1. The van der Waals surface area contributed by atoms with E-state index < -0.39 is 10.8 Å². The molecule has 0 fully saturated rings. The van der Waals surface area contributed by atoms with Crippen molar-refractivity contribution >= 4 is 34.1 Å². The lowest BCUT2D eigenvalue weighted by molar-refractivity contribution is -0.384. The van der Waals surface area contributed by atoms with E-state index in [4.69, 9.17) is 9.47 Å². The minimum absolute atomic E-state index is 0.0198. The van der Waals surface area contributed by atoms with E-state index in [9.17, 15) is 20.2 Å². The molecule has 168 valence electrons. The number of nitro benzene ring substituents is 1. The first-order valence-electron chi connectivity index (χ1n) is 9.84. The normalized spacial score (nSPS) is 10.8. The first kappa shape index (κ1) is 23.4. The molecule has 0 saturated heterocycles. The molecule has 0 aliphatic carbocycles. The lowest BCUT2D eigenvalue weighted by Gasteiger charge is -2.11. The van der Waals surface area contributed by atoms with E-state index in [1.54, 1.807) is 24.3 Å². The average Bonchev–Trinajstić information content (AvgIpc) is 3.28. The molecule has 0 aliphatic heterocycles. The standard InChI is InChI=1S/C22H19N5O5S/c1-2-20-25-26-22(33-20)24-21(28)16(14-23)13-15-5-3-4-6-19(15)32-12-11-31-18-9-7-17(8-10-18)27(29)30/h3-10,13H,2,11-12H2,1H3,(H,24,26,28)/b16-13-. The van der Waals surface area contributed by atoms with Crippen molar-refractivity contribution in [3.05, 3.63) is 74.8 Å². The first-order valence-corrected chi connectivity index (χ1v) is 10.7. The zero-order chi connectivity index (χ0) is 23.6. The summed E-state index contributed by atoms with van der Waals surface area (Å²) in [6.45, 7) is 2.30. The Morgan fingerprint density at radius 3 is 2.58 bits per heavy atom. The molecule has 1 N–H and O–H groups in total. The van der Waals surface area contributed by atoms with Crippen LogP contribution in [-0.2, 0) is 11.2 Å². The van der Waals surface area contributed by atoms with Crippen LogP contribution in [0.15, 0.2) is 54.1 Å². The predicted molar refractivity (Wildman–Crippen MR) is 122 cm³/mol. The molecule has 2 aromatic carbocycles. The average molecular weight is 465 g/mol. The van der Waals surface area contributed by atoms with Crippen LogP contribution in [0.2, 0.25) is 0 Å². The van der Waals surface area contributed by atoms with E-state index in [1.165, 1.54) is 41.7 Å². The maximum Gasteiger partial charge on any atom is 0.269 e. The van der Waals surface area contributed by atoms with Crippen molar-refractivity contribution in [2.75, 3.05) is 18.5 Å². The summed E-state index contributed by atoms with van der Waals surface area (Å²) in [4.78, 5) is 22.7. The smallest absolute Gasteiger partial charge is 0.269 e. The van der Waals surface area contributed by atoms with Gasteiger partial charge in [-0.3, -0.25) is 20.2 Å².